The highest BCUT2D eigenvalue weighted by molar-refractivity contribution is 5.76. The van der Waals surface area contributed by atoms with Crippen LogP contribution in [0.15, 0.2) is 11.8 Å². The molecule has 37 heavy (non-hydrogen) atoms. The van der Waals surface area contributed by atoms with Gasteiger partial charge in [0.15, 0.2) is 19.4 Å². The number of fused-ring (bicyclic) bond motifs is 8. The number of nitrogens with zero attached hydrogens (tertiary/aromatic N) is 2. The fraction of sp³-hybridized carbons (Fsp3) is 0.786. The maximum atomic E-state index is 17.9. The summed E-state index contributed by atoms with van der Waals surface area (Å²) in [5.74, 6) is -1.28. The van der Waals surface area contributed by atoms with E-state index in [2.05, 4.69) is 18.9 Å². The van der Waals surface area contributed by atoms with Crippen molar-refractivity contribution >= 4 is 11.9 Å². The lowest BCUT2D eigenvalue weighted by atomic mass is 9.43. The third-order valence-corrected chi connectivity index (χ3v) is 11.4. The van der Waals surface area contributed by atoms with E-state index in [0.29, 0.717) is 12.8 Å². The van der Waals surface area contributed by atoms with Gasteiger partial charge in [0.2, 0.25) is 5.79 Å². The minimum absolute atomic E-state index is 0.00103. The number of halogens is 1. The van der Waals surface area contributed by atoms with Gasteiger partial charge in [0.1, 0.15) is 17.9 Å². The Morgan fingerprint density at radius 2 is 2.03 bits per heavy atom. The predicted molar refractivity (Wildman–Crippen MR) is 130 cm³/mol. The molecule has 3 saturated carbocycles. The molecule has 1 aromatic rings. The summed E-state index contributed by atoms with van der Waals surface area (Å²) in [6.45, 7) is 8.57. The average molecular weight is 517 g/mol. The Hall–Kier alpha value is -1.65. The number of allylic oxidation sites excluding steroid dienone is 1. The van der Waals surface area contributed by atoms with Crippen LogP contribution in [0.25, 0.3) is 6.08 Å². The molecule has 3 heterocycles. The largest absolute Gasteiger partial charge is 0.390 e. The first-order valence-electron chi connectivity index (χ1n) is 13.6. The summed E-state index contributed by atoms with van der Waals surface area (Å²) in [6.07, 6.45) is 5.54. The van der Waals surface area contributed by atoms with Crippen molar-refractivity contribution in [2.24, 2.45) is 28.6 Å². The van der Waals surface area contributed by atoms with Crippen LogP contribution in [0.1, 0.15) is 64.6 Å². The standard InChI is InChI=1S/C28H37FN2O6/c1-16-7-21-20-6-5-19-8-22-18(11-30-31(22)12-17(2)32)9-24(19,3)27(20,29)23(33)10-25(21,4)28(16)26(36-15-37-28)13-34-14-35-26/h8,11,16,20-21,23,33H,5-7,9-10,12-15H2,1-4H3/t16-,20+,21+,23+,24+,25+,26?,27+,28-/m1/s1. The number of aliphatic hydroxyl groups is 1. The second kappa shape index (κ2) is 7.50. The number of carbonyl (C=O) groups excluding carboxylic acids is 1. The van der Waals surface area contributed by atoms with Crippen molar-refractivity contribution in [3.05, 3.63) is 23.0 Å². The van der Waals surface area contributed by atoms with Crippen LogP contribution in [-0.4, -0.2) is 64.0 Å². The Balaban J connectivity index is 1.30. The molecule has 0 bridgehead atoms. The second-order valence-electron chi connectivity index (χ2n) is 12.9. The van der Waals surface area contributed by atoms with Crippen molar-refractivity contribution < 1.29 is 33.2 Å². The first-order valence-corrected chi connectivity index (χ1v) is 13.6. The molecule has 202 valence electrons. The van der Waals surface area contributed by atoms with Gasteiger partial charge in [0.25, 0.3) is 0 Å². The summed E-state index contributed by atoms with van der Waals surface area (Å²) in [7, 11) is 0. The Labute approximate surface area is 216 Å². The number of ether oxygens (including phenoxy) is 4. The molecule has 2 saturated heterocycles. The van der Waals surface area contributed by atoms with Crippen LogP contribution in [0.3, 0.4) is 0 Å². The van der Waals surface area contributed by atoms with E-state index in [0.717, 1.165) is 29.7 Å². The van der Waals surface area contributed by atoms with Gasteiger partial charge in [-0.1, -0.05) is 26.3 Å². The molecular formula is C28H37FN2O6. The number of hydrogen-bond acceptors (Lipinski definition) is 7. The Kier molecular flexibility index (Phi) is 4.95. The van der Waals surface area contributed by atoms with Gasteiger partial charge < -0.3 is 24.1 Å². The van der Waals surface area contributed by atoms with Gasteiger partial charge in [-0.2, -0.15) is 5.10 Å². The average Bonchev–Trinajstić information content (AvgIpc) is 3.60. The van der Waals surface area contributed by atoms with Crippen LogP contribution in [-0.2, 0) is 36.7 Å². The molecule has 0 radical (unpaired) electrons. The zero-order chi connectivity index (χ0) is 26.0. The van der Waals surface area contributed by atoms with E-state index in [1.54, 1.807) is 17.8 Å². The van der Waals surface area contributed by atoms with E-state index < -0.39 is 34.0 Å². The molecule has 2 aliphatic heterocycles. The van der Waals surface area contributed by atoms with Crippen LogP contribution in [0.2, 0.25) is 0 Å². The van der Waals surface area contributed by atoms with Gasteiger partial charge in [-0.3, -0.25) is 9.48 Å². The summed E-state index contributed by atoms with van der Waals surface area (Å²) >= 11 is 0. The van der Waals surface area contributed by atoms with Crippen LogP contribution in [0, 0.1) is 28.6 Å². The van der Waals surface area contributed by atoms with Crippen LogP contribution < -0.4 is 0 Å². The van der Waals surface area contributed by atoms with Gasteiger partial charge >= 0.3 is 0 Å². The Morgan fingerprint density at radius 1 is 1.24 bits per heavy atom. The number of hydrogen-bond donors (Lipinski definition) is 1. The normalized spacial score (nSPS) is 50.1. The SMILES string of the molecule is CC(=O)Cn1ncc2c1C=C1CC[C@H]3[C@@H]4C[C@@H](C)[C@@]5(OCOC56COCO6)[C@@]4(C)C[C@H](O)[C@]3(F)[C@@]1(C)C2. The number of alkyl halides is 1. The first-order chi connectivity index (χ1) is 17.5. The quantitative estimate of drug-likeness (QED) is 0.644. The fourth-order valence-corrected chi connectivity index (χ4v) is 9.97. The minimum atomic E-state index is -1.80. The highest BCUT2D eigenvalue weighted by Gasteiger charge is 2.81. The Bertz CT molecular complexity index is 1190. The van der Waals surface area contributed by atoms with Gasteiger partial charge in [-0.05, 0) is 62.5 Å². The molecule has 0 aromatic carbocycles. The van der Waals surface area contributed by atoms with Crippen molar-refractivity contribution in [3.8, 4) is 0 Å². The van der Waals surface area contributed by atoms with Gasteiger partial charge in [0.05, 0.1) is 24.5 Å². The number of aliphatic hydroxyl groups excluding tert-OH is 1. The summed E-state index contributed by atoms with van der Waals surface area (Å²) in [4.78, 5) is 11.8. The third-order valence-electron chi connectivity index (χ3n) is 11.4. The van der Waals surface area contributed by atoms with Gasteiger partial charge in [-0.15, -0.1) is 0 Å². The number of ketones is 1. The molecule has 9 heteroatoms. The number of aromatic nitrogens is 2. The lowest BCUT2D eigenvalue weighted by molar-refractivity contribution is -0.279. The molecular weight excluding hydrogens is 479 g/mol. The smallest absolute Gasteiger partial charge is 0.227 e. The lowest BCUT2D eigenvalue weighted by Gasteiger charge is -2.64. The highest BCUT2D eigenvalue weighted by atomic mass is 19.1. The van der Waals surface area contributed by atoms with Crippen LogP contribution in [0.4, 0.5) is 4.39 Å². The summed E-state index contributed by atoms with van der Waals surface area (Å²) < 4.78 is 44.0. The maximum absolute atomic E-state index is 17.9. The number of carbonyl (C=O) groups is 1. The van der Waals surface area contributed by atoms with E-state index in [-0.39, 0.29) is 56.7 Å². The van der Waals surface area contributed by atoms with Gasteiger partial charge in [-0.25, -0.2) is 4.39 Å². The van der Waals surface area contributed by atoms with Gasteiger partial charge in [0, 0.05) is 16.7 Å². The minimum Gasteiger partial charge on any atom is -0.390 e. The monoisotopic (exact) mass is 516 g/mol. The molecule has 1 unspecified atom stereocenters. The molecule has 0 amide bonds. The van der Waals surface area contributed by atoms with Crippen molar-refractivity contribution in [2.45, 2.75) is 89.5 Å². The van der Waals surface area contributed by atoms with E-state index in [1.165, 1.54) is 0 Å². The predicted octanol–water partition coefficient (Wildman–Crippen LogP) is 3.41. The molecule has 1 N–H and O–H groups in total. The second-order valence-corrected chi connectivity index (χ2v) is 12.9. The number of Topliss-reactive ketones (excluding diaryl/α,β-unsaturated/α-hetero) is 1. The molecule has 8 nitrogen and oxygen atoms in total. The molecule has 2 spiro atoms. The summed E-state index contributed by atoms with van der Waals surface area (Å²) in [6, 6.07) is 0. The van der Waals surface area contributed by atoms with E-state index in [9.17, 15) is 9.90 Å². The molecule has 4 aliphatic carbocycles. The topological polar surface area (TPSA) is 92.0 Å². The van der Waals surface area contributed by atoms with E-state index >= 15 is 4.39 Å². The third kappa shape index (κ3) is 2.66. The van der Waals surface area contributed by atoms with Crippen LogP contribution >= 0.6 is 0 Å². The lowest BCUT2D eigenvalue weighted by Crippen LogP contribution is -2.72. The molecule has 7 rings (SSSR count). The fourth-order valence-electron chi connectivity index (χ4n) is 9.97. The summed E-state index contributed by atoms with van der Waals surface area (Å²) in [5, 5.41) is 16.3. The van der Waals surface area contributed by atoms with Crippen molar-refractivity contribution in [3.63, 3.8) is 0 Å². The maximum Gasteiger partial charge on any atom is 0.227 e. The van der Waals surface area contributed by atoms with E-state index in [4.69, 9.17) is 18.9 Å². The zero-order valence-electron chi connectivity index (χ0n) is 22.1. The highest BCUT2D eigenvalue weighted by Crippen LogP contribution is 2.74. The zero-order valence-corrected chi connectivity index (χ0v) is 22.1. The molecule has 9 atom stereocenters. The van der Waals surface area contributed by atoms with Crippen molar-refractivity contribution in [1.82, 2.24) is 9.78 Å². The van der Waals surface area contributed by atoms with Crippen molar-refractivity contribution in [2.75, 3.05) is 20.2 Å². The van der Waals surface area contributed by atoms with Crippen molar-refractivity contribution in [1.29, 1.82) is 0 Å². The van der Waals surface area contributed by atoms with E-state index in [1.807, 2.05) is 13.0 Å². The molecule has 1 aromatic heterocycles. The molecule has 6 aliphatic rings. The summed E-state index contributed by atoms with van der Waals surface area (Å²) in [5.41, 5.74) is -1.17. The molecule has 5 fully saturated rings. The first kappa shape index (κ1) is 24.4. The number of rotatable bonds is 2. The van der Waals surface area contributed by atoms with Crippen LogP contribution in [0.5, 0.6) is 0 Å². The Morgan fingerprint density at radius 3 is 2.76 bits per heavy atom.